The van der Waals surface area contributed by atoms with Crippen LogP contribution in [-0.4, -0.2) is 31.2 Å². The highest BCUT2D eigenvalue weighted by Crippen LogP contribution is 2.34. The molecule has 0 unspecified atom stereocenters. The molecule has 1 heterocycles. The van der Waals surface area contributed by atoms with Gasteiger partial charge in [0, 0.05) is 23.2 Å². The third-order valence-corrected chi connectivity index (χ3v) is 6.86. The number of rotatable bonds is 4. The van der Waals surface area contributed by atoms with E-state index in [9.17, 15) is 8.42 Å². The van der Waals surface area contributed by atoms with Crippen LogP contribution in [0.25, 0.3) is 22.4 Å². The van der Waals surface area contributed by atoms with Gasteiger partial charge in [0.15, 0.2) is 0 Å². The molecule has 1 N–H and O–H groups in total. The zero-order chi connectivity index (χ0) is 23.6. The summed E-state index contributed by atoms with van der Waals surface area (Å²) in [5, 5.41) is 5.39. The summed E-state index contributed by atoms with van der Waals surface area (Å²) in [6, 6.07) is 23.8. The Morgan fingerprint density at radius 1 is 0.909 bits per heavy atom. The highest BCUT2D eigenvalue weighted by atomic mass is 35.5. The minimum absolute atomic E-state index is 0.102. The van der Waals surface area contributed by atoms with Gasteiger partial charge in [-0.3, -0.25) is 4.99 Å². The van der Waals surface area contributed by atoms with Gasteiger partial charge in [0.25, 0.3) is 10.0 Å². The van der Waals surface area contributed by atoms with Crippen LogP contribution in [0.3, 0.4) is 0 Å². The predicted molar refractivity (Wildman–Crippen MR) is 133 cm³/mol. The van der Waals surface area contributed by atoms with Crippen molar-refractivity contribution in [3.05, 3.63) is 95.1 Å². The molecular formula is C25H23ClN4O2S. The van der Waals surface area contributed by atoms with Crippen LogP contribution in [0.4, 0.5) is 0 Å². The molecular weight excluding hydrogens is 456 g/mol. The molecule has 168 valence electrons. The van der Waals surface area contributed by atoms with Crippen LogP contribution in [0, 0.1) is 13.8 Å². The first-order valence-corrected chi connectivity index (χ1v) is 12.1. The number of halogens is 1. The number of hydrogen-bond donors (Lipinski definition) is 1. The number of hydrogen-bond acceptors (Lipinski definition) is 4. The quantitative estimate of drug-likeness (QED) is 0.319. The summed E-state index contributed by atoms with van der Waals surface area (Å²) in [6.45, 7) is 3.79. The van der Waals surface area contributed by atoms with Crippen molar-refractivity contribution in [3.8, 4) is 22.4 Å². The van der Waals surface area contributed by atoms with E-state index in [4.69, 9.17) is 16.7 Å². The Hall–Kier alpha value is -3.42. The van der Waals surface area contributed by atoms with Gasteiger partial charge in [-0.15, -0.1) is 0 Å². The van der Waals surface area contributed by atoms with Crippen LogP contribution in [0.1, 0.15) is 11.3 Å². The third kappa shape index (κ3) is 4.69. The van der Waals surface area contributed by atoms with Crippen molar-refractivity contribution in [3.63, 3.8) is 0 Å². The van der Waals surface area contributed by atoms with Crippen LogP contribution in [0.5, 0.6) is 0 Å². The molecule has 4 rings (SSSR count). The Bertz CT molecular complexity index is 1410. The van der Waals surface area contributed by atoms with Gasteiger partial charge >= 0.3 is 0 Å². The van der Waals surface area contributed by atoms with Crippen LogP contribution in [0.2, 0.25) is 5.02 Å². The normalized spacial score (nSPS) is 12.1. The summed E-state index contributed by atoms with van der Waals surface area (Å²) in [5.74, 6) is 0.102. The van der Waals surface area contributed by atoms with E-state index in [1.165, 1.54) is 11.7 Å². The maximum absolute atomic E-state index is 13.0. The molecule has 3 aromatic carbocycles. The van der Waals surface area contributed by atoms with Crippen LogP contribution >= 0.6 is 11.6 Å². The summed E-state index contributed by atoms with van der Waals surface area (Å²) in [7, 11) is -2.32. The van der Waals surface area contributed by atoms with E-state index < -0.39 is 10.0 Å². The number of nitrogens with one attached hydrogen (secondary N) is 1. The van der Waals surface area contributed by atoms with E-state index in [2.05, 4.69) is 9.71 Å². The minimum Gasteiger partial charge on any atom is -0.254 e. The second-order valence-electron chi connectivity index (χ2n) is 7.56. The van der Waals surface area contributed by atoms with Gasteiger partial charge < -0.3 is 0 Å². The second-order valence-corrected chi connectivity index (χ2v) is 9.68. The fraction of sp³-hybridized carbons (Fsp3) is 0.120. The Morgan fingerprint density at radius 3 is 2.15 bits per heavy atom. The summed E-state index contributed by atoms with van der Waals surface area (Å²) >= 11 is 6.08. The van der Waals surface area contributed by atoms with Gasteiger partial charge in [0.2, 0.25) is 5.96 Å². The number of aliphatic imine (C=N–C) groups is 1. The van der Waals surface area contributed by atoms with E-state index >= 15 is 0 Å². The van der Waals surface area contributed by atoms with E-state index in [0.29, 0.717) is 10.7 Å². The topological polar surface area (TPSA) is 76.3 Å². The molecule has 6 nitrogen and oxygen atoms in total. The summed E-state index contributed by atoms with van der Waals surface area (Å²) < 4.78 is 30.2. The molecule has 0 aliphatic heterocycles. The molecule has 0 saturated carbocycles. The fourth-order valence-electron chi connectivity index (χ4n) is 3.55. The monoisotopic (exact) mass is 478 g/mol. The molecule has 0 bridgehead atoms. The molecule has 1 aromatic heterocycles. The van der Waals surface area contributed by atoms with Crippen molar-refractivity contribution in [2.24, 2.45) is 4.99 Å². The molecule has 0 aliphatic rings. The lowest BCUT2D eigenvalue weighted by molar-refractivity contribution is 0.591. The molecule has 33 heavy (non-hydrogen) atoms. The molecule has 8 heteroatoms. The Morgan fingerprint density at radius 2 is 1.55 bits per heavy atom. The van der Waals surface area contributed by atoms with Crippen LogP contribution in [-0.2, 0) is 10.0 Å². The second kappa shape index (κ2) is 9.21. The van der Waals surface area contributed by atoms with Crippen molar-refractivity contribution in [2.45, 2.75) is 18.7 Å². The van der Waals surface area contributed by atoms with Gasteiger partial charge in [-0.25, -0.2) is 17.8 Å². The van der Waals surface area contributed by atoms with E-state index in [1.807, 2.05) is 56.3 Å². The first-order chi connectivity index (χ1) is 15.8. The maximum atomic E-state index is 13.0. The zero-order valence-corrected chi connectivity index (χ0v) is 20.0. The number of aromatic nitrogens is 2. The van der Waals surface area contributed by atoms with Gasteiger partial charge in [-0.05, 0) is 43.7 Å². The smallest absolute Gasteiger partial charge is 0.254 e. The molecule has 0 fully saturated rings. The van der Waals surface area contributed by atoms with E-state index in [0.717, 1.165) is 27.9 Å². The average Bonchev–Trinajstić information content (AvgIpc) is 3.15. The number of aryl methyl sites for hydroxylation is 1. The van der Waals surface area contributed by atoms with Crippen LogP contribution < -0.4 is 4.72 Å². The first kappa shape index (κ1) is 22.8. The lowest BCUT2D eigenvalue weighted by atomic mass is 9.99. The van der Waals surface area contributed by atoms with Crippen molar-refractivity contribution >= 4 is 27.6 Å². The first-order valence-electron chi connectivity index (χ1n) is 10.3. The Labute approximate surface area is 198 Å². The van der Waals surface area contributed by atoms with E-state index in [-0.39, 0.29) is 10.9 Å². The molecule has 0 amide bonds. The van der Waals surface area contributed by atoms with Crippen molar-refractivity contribution in [2.75, 3.05) is 7.05 Å². The van der Waals surface area contributed by atoms with Crippen LogP contribution in [0.15, 0.2) is 88.8 Å². The third-order valence-electron chi connectivity index (χ3n) is 5.27. The Balaban J connectivity index is 1.83. The molecule has 0 aliphatic carbocycles. The molecule has 4 aromatic rings. The van der Waals surface area contributed by atoms with Crippen molar-refractivity contribution < 1.29 is 8.42 Å². The Kier molecular flexibility index (Phi) is 6.35. The zero-order valence-electron chi connectivity index (χ0n) is 18.4. The SMILES string of the molecule is CN=C(NS(=O)(=O)c1ccc(C)cc1)n1nc(-c2ccc(Cl)cc2)c(-c2ccccc2)c1C. The van der Waals surface area contributed by atoms with E-state index in [1.54, 1.807) is 36.4 Å². The number of nitrogens with zero attached hydrogens (tertiary/aromatic N) is 3. The molecule has 0 radical (unpaired) electrons. The highest BCUT2D eigenvalue weighted by Gasteiger charge is 2.23. The average molecular weight is 479 g/mol. The molecule has 0 spiro atoms. The fourth-order valence-corrected chi connectivity index (χ4v) is 4.71. The summed E-state index contributed by atoms with van der Waals surface area (Å²) in [5.41, 5.74) is 5.12. The van der Waals surface area contributed by atoms with Crippen molar-refractivity contribution in [1.82, 2.24) is 14.5 Å². The number of benzene rings is 3. The van der Waals surface area contributed by atoms with Gasteiger partial charge in [-0.2, -0.15) is 5.10 Å². The van der Waals surface area contributed by atoms with Gasteiger partial charge in [0.05, 0.1) is 10.6 Å². The largest absolute Gasteiger partial charge is 0.264 e. The lowest BCUT2D eigenvalue weighted by Crippen LogP contribution is -2.36. The maximum Gasteiger partial charge on any atom is 0.264 e. The van der Waals surface area contributed by atoms with Gasteiger partial charge in [-0.1, -0.05) is 71.8 Å². The molecule has 0 saturated heterocycles. The molecule has 0 atom stereocenters. The van der Waals surface area contributed by atoms with Gasteiger partial charge in [0.1, 0.15) is 5.69 Å². The highest BCUT2D eigenvalue weighted by molar-refractivity contribution is 7.90. The standard InChI is InChI=1S/C25H23ClN4O2S/c1-17-9-15-22(16-10-17)33(31,32)29-25(27-3)30-18(2)23(19-7-5-4-6-8-19)24(28-30)20-11-13-21(26)14-12-20/h4-16H,1-3H3,(H,27,29). The lowest BCUT2D eigenvalue weighted by Gasteiger charge is -2.12. The summed E-state index contributed by atoms with van der Waals surface area (Å²) in [6.07, 6.45) is 0. The predicted octanol–water partition coefficient (Wildman–Crippen LogP) is 5.30. The minimum atomic E-state index is -3.85. The summed E-state index contributed by atoms with van der Waals surface area (Å²) in [4.78, 5) is 4.36. The van der Waals surface area contributed by atoms with Crippen molar-refractivity contribution in [1.29, 1.82) is 0 Å². The number of sulfonamides is 1.